The van der Waals surface area contributed by atoms with Crippen molar-refractivity contribution in [2.45, 2.75) is 12.8 Å². The molecule has 0 fully saturated rings. The molecule has 0 aliphatic rings. The first-order valence-corrected chi connectivity index (χ1v) is 11.1. The molecule has 0 atom stereocenters. The van der Waals surface area contributed by atoms with Gasteiger partial charge in [-0.3, -0.25) is 9.59 Å². The van der Waals surface area contributed by atoms with Gasteiger partial charge in [0.2, 0.25) is 11.6 Å². The van der Waals surface area contributed by atoms with Gasteiger partial charge in [-0.1, -0.05) is 12.1 Å². The van der Waals surface area contributed by atoms with Gasteiger partial charge in [0.05, 0.1) is 41.1 Å². The summed E-state index contributed by atoms with van der Waals surface area (Å²) in [5.41, 5.74) is 2.42. The maximum Gasteiger partial charge on any atom is 0.337 e. The van der Waals surface area contributed by atoms with Crippen molar-refractivity contribution in [1.82, 2.24) is 0 Å². The van der Waals surface area contributed by atoms with Crippen LogP contribution in [0, 0.1) is 0 Å². The molecule has 0 spiro atoms. The molecule has 0 N–H and O–H groups in total. The third-order valence-electron chi connectivity index (χ3n) is 5.76. The van der Waals surface area contributed by atoms with E-state index >= 15 is 0 Å². The van der Waals surface area contributed by atoms with Crippen LogP contribution in [0.3, 0.4) is 0 Å². The first kappa shape index (κ1) is 26.3. The molecule has 3 aromatic rings. The van der Waals surface area contributed by atoms with Crippen molar-refractivity contribution < 1.29 is 38.1 Å². The summed E-state index contributed by atoms with van der Waals surface area (Å²) in [6.07, 6.45) is 1.000. The fourth-order valence-corrected chi connectivity index (χ4v) is 3.77. The average molecular weight is 493 g/mol. The topological polar surface area (TPSA) is 97.4 Å². The zero-order valence-corrected chi connectivity index (χ0v) is 20.9. The molecular formula is C28H28O8. The minimum absolute atomic E-state index is 0.178. The second kappa shape index (κ2) is 11.9. The number of rotatable bonds is 11. The van der Waals surface area contributed by atoms with Crippen LogP contribution in [0.15, 0.2) is 54.6 Å². The second-order valence-electron chi connectivity index (χ2n) is 7.78. The van der Waals surface area contributed by atoms with Crippen molar-refractivity contribution in [1.29, 1.82) is 0 Å². The maximum atomic E-state index is 13.4. The van der Waals surface area contributed by atoms with Gasteiger partial charge in [-0.15, -0.1) is 0 Å². The quantitative estimate of drug-likeness (QED) is 0.221. The molecule has 8 nitrogen and oxygen atoms in total. The molecule has 3 aromatic carbocycles. The third-order valence-corrected chi connectivity index (χ3v) is 5.76. The number of aryl methyl sites for hydroxylation is 2. The zero-order chi connectivity index (χ0) is 26.2. The highest BCUT2D eigenvalue weighted by Gasteiger charge is 2.25. The number of carbonyl (C=O) groups is 3. The molecular weight excluding hydrogens is 464 g/mol. The molecule has 0 amide bonds. The van der Waals surface area contributed by atoms with Crippen molar-refractivity contribution in [2.24, 2.45) is 0 Å². The molecule has 0 radical (unpaired) electrons. The van der Waals surface area contributed by atoms with Crippen molar-refractivity contribution in [2.75, 3.05) is 35.5 Å². The summed E-state index contributed by atoms with van der Waals surface area (Å²) >= 11 is 0. The van der Waals surface area contributed by atoms with E-state index < -0.39 is 17.5 Å². The predicted octanol–water partition coefficient (Wildman–Crippen LogP) is 4.36. The maximum absolute atomic E-state index is 13.4. The molecule has 0 unspecified atom stereocenters. The monoisotopic (exact) mass is 492 g/mol. The molecule has 0 saturated heterocycles. The fraction of sp³-hybridized carbons (Fsp3) is 0.250. The molecule has 0 bridgehead atoms. The lowest BCUT2D eigenvalue weighted by atomic mass is 9.93. The smallest absolute Gasteiger partial charge is 0.337 e. The Hall–Kier alpha value is -4.33. The predicted molar refractivity (Wildman–Crippen MR) is 133 cm³/mol. The molecule has 8 heteroatoms. The number of ketones is 2. The Kier molecular flexibility index (Phi) is 8.67. The van der Waals surface area contributed by atoms with Crippen LogP contribution in [0.25, 0.3) is 0 Å². The number of esters is 1. The number of carbonyl (C=O) groups excluding carboxylic acids is 3. The summed E-state index contributed by atoms with van der Waals surface area (Å²) in [7, 11) is 7.24. The first-order chi connectivity index (χ1) is 17.4. The van der Waals surface area contributed by atoms with E-state index in [2.05, 4.69) is 0 Å². The lowest BCUT2D eigenvalue weighted by Crippen LogP contribution is -2.17. The van der Waals surface area contributed by atoms with Gasteiger partial charge in [-0.25, -0.2) is 4.79 Å². The van der Waals surface area contributed by atoms with Crippen LogP contribution in [0.5, 0.6) is 23.0 Å². The van der Waals surface area contributed by atoms with Gasteiger partial charge in [0.1, 0.15) is 0 Å². The molecule has 0 saturated carbocycles. The second-order valence-corrected chi connectivity index (χ2v) is 7.78. The van der Waals surface area contributed by atoms with Gasteiger partial charge in [-0.2, -0.15) is 0 Å². The van der Waals surface area contributed by atoms with Crippen LogP contribution in [-0.4, -0.2) is 53.1 Å². The van der Waals surface area contributed by atoms with Crippen molar-refractivity contribution >= 4 is 17.5 Å². The number of benzene rings is 3. The van der Waals surface area contributed by atoms with Gasteiger partial charge in [-0.05, 0) is 66.4 Å². The van der Waals surface area contributed by atoms with E-state index in [1.807, 2.05) is 12.1 Å². The normalized spacial score (nSPS) is 10.4. The largest absolute Gasteiger partial charge is 0.493 e. The van der Waals surface area contributed by atoms with Crippen LogP contribution < -0.4 is 18.9 Å². The minimum atomic E-state index is -0.688. The number of Topliss-reactive ketones (excluding diaryl/α,β-unsaturated/α-hetero) is 2. The molecule has 0 aliphatic carbocycles. The standard InChI is InChI=1S/C28H28O8/c1-32-22-13-12-20(15-23(22)33-2)26(29)27(30)21-16-25(35-4)24(34-3)14-19(21)11-8-17-6-9-18(10-7-17)28(31)36-5/h6-7,9-10,12-16H,8,11H2,1-5H3. The summed E-state index contributed by atoms with van der Waals surface area (Å²) in [6.45, 7) is 0. The summed E-state index contributed by atoms with van der Waals surface area (Å²) < 4.78 is 26.0. The van der Waals surface area contributed by atoms with Crippen LogP contribution in [0.4, 0.5) is 0 Å². The minimum Gasteiger partial charge on any atom is -0.493 e. The Morgan fingerprint density at radius 2 is 1.14 bits per heavy atom. The van der Waals surface area contributed by atoms with E-state index in [0.717, 1.165) is 5.56 Å². The van der Waals surface area contributed by atoms with Gasteiger partial charge < -0.3 is 23.7 Å². The summed E-state index contributed by atoms with van der Waals surface area (Å²) in [4.78, 5) is 38.2. The van der Waals surface area contributed by atoms with Crippen molar-refractivity contribution in [3.63, 3.8) is 0 Å². The Labute approximate surface area is 209 Å². The van der Waals surface area contributed by atoms with Gasteiger partial charge in [0.15, 0.2) is 23.0 Å². The SMILES string of the molecule is COC(=O)c1ccc(CCc2cc(OC)c(OC)cc2C(=O)C(=O)c2ccc(OC)c(OC)c2)cc1. The molecule has 3 rings (SSSR count). The summed E-state index contributed by atoms with van der Waals surface area (Å²) in [5.74, 6) is -0.199. The van der Waals surface area contributed by atoms with E-state index in [4.69, 9.17) is 23.7 Å². The molecule has 0 aliphatic heterocycles. The zero-order valence-electron chi connectivity index (χ0n) is 20.9. The molecule has 0 heterocycles. The van der Waals surface area contributed by atoms with Crippen LogP contribution >= 0.6 is 0 Å². The van der Waals surface area contributed by atoms with Gasteiger partial charge in [0, 0.05) is 11.1 Å². The number of methoxy groups -OCH3 is 5. The lowest BCUT2D eigenvalue weighted by Gasteiger charge is -2.15. The molecule has 0 aromatic heterocycles. The van der Waals surface area contributed by atoms with Crippen LogP contribution in [-0.2, 0) is 17.6 Å². The first-order valence-electron chi connectivity index (χ1n) is 11.1. The highest BCUT2D eigenvalue weighted by atomic mass is 16.5. The van der Waals surface area contributed by atoms with E-state index in [9.17, 15) is 14.4 Å². The number of hydrogen-bond acceptors (Lipinski definition) is 8. The van der Waals surface area contributed by atoms with Gasteiger partial charge in [0.25, 0.3) is 0 Å². The number of ether oxygens (including phenoxy) is 5. The fourth-order valence-electron chi connectivity index (χ4n) is 3.77. The van der Waals surface area contributed by atoms with Gasteiger partial charge >= 0.3 is 5.97 Å². The Morgan fingerprint density at radius 3 is 1.72 bits per heavy atom. The Bertz CT molecular complexity index is 1260. The van der Waals surface area contributed by atoms with E-state index in [-0.39, 0.29) is 11.1 Å². The summed E-state index contributed by atoms with van der Waals surface area (Å²) in [6, 6.07) is 14.8. The average Bonchev–Trinajstić information content (AvgIpc) is 2.94. The molecule has 36 heavy (non-hydrogen) atoms. The van der Waals surface area contributed by atoms with E-state index in [1.54, 1.807) is 24.3 Å². The van der Waals surface area contributed by atoms with Crippen LogP contribution in [0.1, 0.15) is 42.2 Å². The Morgan fingerprint density at radius 1 is 0.583 bits per heavy atom. The van der Waals surface area contributed by atoms with E-state index in [0.29, 0.717) is 47.0 Å². The third kappa shape index (κ3) is 5.66. The summed E-state index contributed by atoms with van der Waals surface area (Å²) in [5, 5.41) is 0. The molecule has 188 valence electrons. The Balaban J connectivity index is 1.93. The highest BCUT2D eigenvalue weighted by Crippen LogP contribution is 2.33. The number of hydrogen-bond donors (Lipinski definition) is 0. The highest BCUT2D eigenvalue weighted by molar-refractivity contribution is 6.49. The van der Waals surface area contributed by atoms with Crippen molar-refractivity contribution in [3.05, 3.63) is 82.4 Å². The van der Waals surface area contributed by atoms with Crippen molar-refractivity contribution in [3.8, 4) is 23.0 Å². The lowest BCUT2D eigenvalue weighted by molar-refractivity contribution is 0.0600. The van der Waals surface area contributed by atoms with Crippen LogP contribution in [0.2, 0.25) is 0 Å². The van der Waals surface area contributed by atoms with E-state index in [1.165, 1.54) is 53.7 Å².